The van der Waals surface area contributed by atoms with Crippen molar-refractivity contribution in [2.75, 3.05) is 13.7 Å². The Labute approximate surface area is 136 Å². The lowest BCUT2D eigenvalue weighted by Crippen LogP contribution is -2.36. The van der Waals surface area contributed by atoms with Crippen molar-refractivity contribution in [3.05, 3.63) is 47.9 Å². The molecule has 1 amide bonds. The Morgan fingerprint density at radius 2 is 2.13 bits per heavy atom. The van der Waals surface area contributed by atoms with Crippen molar-refractivity contribution < 1.29 is 18.7 Å². The molecule has 0 saturated heterocycles. The maximum Gasteiger partial charge on any atom is 0.258 e. The predicted molar refractivity (Wildman–Crippen MR) is 87.9 cm³/mol. The van der Waals surface area contributed by atoms with Crippen LogP contribution in [0.25, 0.3) is 0 Å². The van der Waals surface area contributed by atoms with E-state index in [9.17, 15) is 4.79 Å². The van der Waals surface area contributed by atoms with Gasteiger partial charge in [-0.1, -0.05) is 6.07 Å². The molecule has 2 rings (SSSR count). The minimum absolute atomic E-state index is 0.0372. The molecular formula is C18H23NO4. The first kappa shape index (κ1) is 16.9. The van der Waals surface area contributed by atoms with E-state index in [0.29, 0.717) is 11.5 Å². The molecule has 2 aromatic rings. The lowest BCUT2D eigenvalue weighted by molar-refractivity contribution is -0.123. The van der Waals surface area contributed by atoms with Crippen molar-refractivity contribution in [3.8, 4) is 11.5 Å². The normalized spacial score (nSPS) is 11.8. The number of hydrogen-bond acceptors (Lipinski definition) is 4. The number of aryl methyl sites for hydroxylation is 2. The van der Waals surface area contributed by atoms with E-state index < -0.39 is 0 Å². The molecule has 0 aliphatic heterocycles. The summed E-state index contributed by atoms with van der Waals surface area (Å²) >= 11 is 0. The highest BCUT2D eigenvalue weighted by Gasteiger charge is 2.11. The van der Waals surface area contributed by atoms with Crippen LogP contribution < -0.4 is 14.8 Å². The molecule has 1 N–H and O–H groups in total. The summed E-state index contributed by atoms with van der Waals surface area (Å²) in [6, 6.07) is 9.45. The standard InChI is InChI=1S/C18H23NO4/c1-13-6-9-16(17(11-13)21-3)23-12-18(20)19-14(2)7-8-15-5-4-10-22-15/h4-6,9-11,14H,7-8,12H2,1-3H3,(H,19,20). The molecule has 1 aromatic carbocycles. The Morgan fingerprint density at radius 3 is 2.83 bits per heavy atom. The van der Waals surface area contributed by atoms with Crippen LogP contribution in [0.3, 0.4) is 0 Å². The van der Waals surface area contributed by atoms with E-state index in [1.165, 1.54) is 0 Å². The monoisotopic (exact) mass is 317 g/mol. The highest BCUT2D eigenvalue weighted by atomic mass is 16.5. The summed E-state index contributed by atoms with van der Waals surface area (Å²) in [5.74, 6) is 1.96. The van der Waals surface area contributed by atoms with E-state index >= 15 is 0 Å². The Morgan fingerprint density at radius 1 is 1.30 bits per heavy atom. The van der Waals surface area contributed by atoms with Crippen LogP contribution in [0.5, 0.6) is 11.5 Å². The van der Waals surface area contributed by atoms with Crippen LogP contribution in [0.2, 0.25) is 0 Å². The van der Waals surface area contributed by atoms with Crippen LogP contribution in [0.15, 0.2) is 41.0 Å². The summed E-state index contributed by atoms with van der Waals surface area (Å²) in [7, 11) is 1.58. The third kappa shape index (κ3) is 5.36. The number of amides is 1. The third-order valence-electron chi connectivity index (χ3n) is 3.49. The summed E-state index contributed by atoms with van der Waals surface area (Å²) in [5, 5.41) is 2.92. The zero-order valence-corrected chi connectivity index (χ0v) is 13.8. The number of nitrogens with one attached hydrogen (secondary N) is 1. The highest BCUT2D eigenvalue weighted by molar-refractivity contribution is 5.77. The van der Waals surface area contributed by atoms with E-state index in [1.807, 2.05) is 44.2 Å². The SMILES string of the molecule is COc1cc(C)ccc1OCC(=O)NC(C)CCc1ccco1. The summed E-state index contributed by atoms with van der Waals surface area (Å²) in [5.41, 5.74) is 1.07. The van der Waals surface area contributed by atoms with Crippen LogP contribution in [-0.2, 0) is 11.2 Å². The van der Waals surface area contributed by atoms with Crippen LogP contribution >= 0.6 is 0 Å². The molecule has 1 atom stereocenters. The van der Waals surface area contributed by atoms with Gasteiger partial charge in [0, 0.05) is 12.5 Å². The number of carbonyl (C=O) groups is 1. The first-order chi connectivity index (χ1) is 11.1. The largest absolute Gasteiger partial charge is 0.493 e. The molecule has 124 valence electrons. The number of benzene rings is 1. The van der Waals surface area contributed by atoms with Crippen molar-refractivity contribution >= 4 is 5.91 Å². The van der Waals surface area contributed by atoms with Crippen LogP contribution in [0.1, 0.15) is 24.7 Å². The maximum atomic E-state index is 12.0. The van der Waals surface area contributed by atoms with Gasteiger partial charge in [-0.15, -0.1) is 0 Å². The average molecular weight is 317 g/mol. The Hall–Kier alpha value is -2.43. The Balaban J connectivity index is 1.76. The van der Waals surface area contributed by atoms with Gasteiger partial charge in [-0.05, 0) is 50.1 Å². The minimum Gasteiger partial charge on any atom is -0.493 e. The molecule has 0 radical (unpaired) electrons. The molecule has 1 unspecified atom stereocenters. The van der Waals surface area contributed by atoms with Gasteiger partial charge in [0.05, 0.1) is 13.4 Å². The van der Waals surface area contributed by atoms with E-state index in [4.69, 9.17) is 13.9 Å². The number of furan rings is 1. The van der Waals surface area contributed by atoms with E-state index in [0.717, 1.165) is 24.2 Å². The van der Waals surface area contributed by atoms with E-state index in [-0.39, 0.29) is 18.6 Å². The predicted octanol–water partition coefficient (Wildman–Crippen LogP) is 3.11. The second kappa shape index (κ2) is 8.27. The fourth-order valence-corrected chi connectivity index (χ4v) is 2.24. The molecule has 1 heterocycles. The highest BCUT2D eigenvalue weighted by Crippen LogP contribution is 2.27. The van der Waals surface area contributed by atoms with Crippen LogP contribution in [0, 0.1) is 6.92 Å². The number of carbonyl (C=O) groups excluding carboxylic acids is 1. The quantitative estimate of drug-likeness (QED) is 0.812. The topological polar surface area (TPSA) is 60.7 Å². The van der Waals surface area contributed by atoms with Crippen molar-refractivity contribution in [2.24, 2.45) is 0 Å². The van der Waals surface area contributed by atoms with Gasteiger partial charge >= 0.3 is 0 Å². The van der Waals surface area contributed by atoms with Gasteiger partial charge in [-0.25, -0.2) is 0 Å². The van der Waals surface area contributed by atoms with Gasteiger partial charge in [0.2, 0.25) is 0 Å². The van der Waals surface area contributed by atoms with Gasteiger partial charge in [-0.2, -0.15) is 0 Å². The van der Waals surface area contributed by atoms with Gasteiger partial charge in [-0.3, -0.25) is 4.79 Å². The molecular weight excluding hydrogens is 294 g/mol. The smallest absolute Gasteiger partial charge is 0.258 e. The lowest BCUT2D eigenvalue weighted by atomic mass is 10.1. The van der Waals surface area contributed by atoms with Crippen LogP contribution in [0.4, 0.5) is 0 Å². The molecule has 1 aromatic heterocycles. The molecule has 0 aliphatic carbocycles. The zero-order valence-electron chi connectivity index (χ0n) is 13.8. The fraction of sp³-hybridized carbons (Fsp3) is 0.389. The Kier molecular flexibility index (Phi) is 6.09. The van der Waals surface area contributed by atoms with E-state index in [1.54, 1.807) is 13.4 Å². The van der Waals surface area contributed by atoms with E-state index in [2.05, 4.69) is 5.32 Å². The first-order valence-electron chi connectivity index (χ1n) is 7.67. The first-order valence-corrected chi connectivity index (χ1v) is 7.67. The fourth-order valence-electron chi connectivity index (χ4n) is 2.24. The maximum absolute atomic E-state index is 12.0. The minimum atomic E-state index is -0.153. The average Bonchev–Trinajstić information content (AvgIpc) is 3.05. The molecule has 0 bridgehead atoms. The number of rotatable bonds is 8. The lowest BCUT2D eigenvalue weighted by Gasteiger charge is -2.15. The van der Waals surface area contributed by atoms with Gasteiger partial charge < -0.3 is 19.2 Å². The molecule has 23 heavy (non-hydrogen) atoms. The van der Waals surface area contributed by atoms with Crippen molar-refractivity contribution in [1.29, 1.82) is 0 Å². The summed E-state index contributed by atoms with van der Waals surface area (Å²) in [6.07, 6.45) is 3.26. The van der Waals surface area contributed by atoms with Gasteiger partial charge in [0.1, 0.15) is 5.76 Å². The van der Waals surface area contributed by atoms with Crippen LogP contribution in [-0.4, -0.2) is 25.7 Å². The Bertz CT molecular complexity index is 622. The number of ether oxygens (including phenoxy) is 2. The van der Waals surface area contributed by atoms with Crippen molar-refractivity contribution in [3.63, 3.8) is 0 Å². The van der Waals surface area contributed by atoms with Gasteiger partial charge in [0.25, 0.3) is 5.91 Å². The van der Waals surface area contributed by atoms with Crippen molar-refractivity contribution in [2.45, 2.75) is 32.7 Å². The molecule has 0 aliphatic rings. The molecule has 0 fully saturated rings. The molecule has 5 nitrogen and oxygen atoms in total. The zero-order chi connectivity index (χ0) is 16.7. The number of hydrogen-bond donors (Lipinski definition) is 1. The summed E-state index contributed by atoms with van der Waals surface area (Å²) in [6.45, 7) is 3.90. The van der Waals surface area contributed by atoms with Gasteiger partial charge in [0.15, 0.2) is 18.1 Å². The van der Waals surface area contributed by atoms with Crippen molar-refractivity contribution in [1.82, 2.24) is 5.32 Å². The third-order valence-corrected chi connectivity index (χ3v) is 3.49. The summed E-state index contributed by atoms with van der Waals surface area (Å²) in [4.78, 5) is 12.0. The second-order valence-electron chi connectivity index (χ2n) is 5.53. The summed E-state index contributed by atoms with van der Waals surface area (Å²) < 4.78 is 16.1. The second-order valence-corrected chi connectivity index (χ2v) is 5.53. The molecule has 0 spiro atoms. The number of methoxy groups -OCH3 is 1. The molecule has 5 heteroatoms. The molecule has 0 saturated carbocycles.